The number of amides is 4. The molecule has 0 aromatic heterocycles. The van der Waals surface area contributed by atoms with E-state index < -0.39 is 81.4 Å². The number of imide groups is 1. The van der Waals surface area contributed by atoms with E-state index in [1.54, 1.807) is 32.9 Å². The minimum Gasteiger partial charge on any atom is -0.491 e. The molecule has 306 valence electrons. The zero-order chi connectivity index (χ0) is 40.8. The van der Waals surface area contributed by atoms with E-state index >= 15 is 0 Å². The van der Waals surface area contributed by atoms with Crippen LogP contribution in [0, 0.1) is 5.41 Å². The molecule has 3 rings (SSSR count). The van der Waals surface area contributed by atoms with E-state index in [0.29, 0.717) is 24.8 Å². The second kappa shape index (κ2) is 20.9. The van der Waals surface area contributed by atoms with Crippen LogP contribution in [0.5, 0.6) is 11.5 Å². The molecule has 0 aliphatic carbocycles. The molecule has 0 saturated carbocycles. The van der Waals surface area contributed by atoms with Crippen LogP contribution in [0.15, 0.2) is 30.4 Å². The number of hydrogen-bond donors (Lipinski definition) is 5. The molecule has 2 aliphatic rings. The van der Waals surface area contributed by atoms with E-state index in [0.717, 1.165) is 4.90 Å². The standard InChI is InChI=1S/C35H49N3O16S/c1-35(2,3)34(46)52-20-22-8-9-24(53-31-18-23(39)17-27(54-31)33(44)45)19-26(22)51-16-15-50-14-12-36-32(43)25(21-55(47,48)49)37-28(40)7-5-4-6-13-38-29(41)10-11-30(38)42/h8-11,19,23,25,27,31,39H,4-7,12-18,20-21H2,1-3H3,(H,36,43)(H,37,40)(H,44,45)(H,47,48,49). The number of carboxylic acids is 1. The molecule has 0 radical (unpaired) electrons. The minimum absolute atomic E-state index is 0.00215. The van der Waals surface area contributed by atoms with Crippen LogP contribution in [0.25, 0.3) is 0 Å². The maximum atomic E-state index is 12.7. The average Bonchev–Trinajstić information content (AvgIpc) is 3.41. The molecule has 2 heterocycles. The van der Waals surface area contributed by atoms with Crippen LogP contribution in [0.2, 0.25) is 0 Å². The number of benzene rings is 1. The van der Waals surface area contributed by atoms with Crippen molar-refractivity contribution in [1.29, 1.82) is 0 Å². The number of aliphatic carboxylic acids is 1. The summed E-state index contributed by atoms with van der Waals surface area (Å²) in [5.41, 5.74) is -0.282. The van der Waals surface area contributed by atoms with Gasteiger partial charge in [-0.05, 0) is 45.7 Å². The molecule has 1 fully saturated rings. The Morgan fingerprint density at radius 1 is 1.02 bits per heavy atom. The fourth-order valence-electron chi connectivity index (χ4n) is 5.19. The molecule has 20 heteroatoms. The lowest BCUT2D eigenvalue weighted by Gasteiger charge is -2.31. The normalized spacial score (nSPS) is 19.1. The van der Waals surface area contributed by atoms with Crippen molar-refractivity contribution in [2.75, 3.05) is 38.7 Å². The summed E-state index contributed by atoms with van der Waals surface area (Å²) in [5.74, 6) is -4.60. The van der Waals surface area contributed by atoms with Crippen molar-refractivity contribution < 1.29 is 75.6 Å². The van der Waals surface area contributed by atoms with Gasteiger partial charge in [0.2, 0.25) is 18.1 Å². The Kier molecular flexibility index (Phi) is 17.0. The zero-order valence-corrected chi connectivity index (χ0v) is 31.7. The fraction of sp³-hybridized carbons (Fsp3) is 0.600. The van der Waals surface area contributed by atoms with Crippen molar-refractivity contribution in [3.8, 4) is 11.5 Å². The predicted octanol–water partition coefficient (Wildman–Crippen LogP) is 0.475. The number of carbonyl (C=O) groups is 6. The Labute approximate surface area is 318 Å². The lowest BCUT2D eigenvalue weighted by atomic mass is 9.97. The van der Waals surface area contributed by atoms with Gasteiger partial charge in [0.1, 0.15) is 36.5 Å². The van der Waals surface area contributed by atoms with Gasteiger partial charge in [0.25, 0.3) is 21.9 Å². The lowest BCUT2D eigenvalue weighted by molar-refractivity contribution is -0.195. The average molecular weight is 800 g/mol. The van der Waals surface area contributed by atoms with E-state index in [2.05, 4.69) is 10.6 Å². The molecule has 55 heavy (non-hydrogen) atoms. The third-order valence-corrected chi connectivity index (χ3v) is 8.82. The molecular weight excluding hydrogens is 750 g/mol. The van der Waals surface area contributed by atoms with Crippen LogP contribution in [0.4, 0.5) is 0 Å². The molecule has 1 aromatic carbocycles. The molecular formula is C35H49N3O16S. The van der Waals surface area contributed by atoms with Gasteiger partial charge in [-0.2, -0.15) is 8.42 Å². The van der Waals surface area contributed by atoms with Gasteiger partial charge in [0.05, 0.1) is 24.7 Å². The van der Waals surface area contributed by atoms with Gasteiger partial charge in [0, 0.05) is 56.1 Å². The van der Waals surface area contributed by atoms with Crippen molar-refractivity contribution in [3.63, 3.8) is 0 Å². The molecule has 0 spiro atoms. The summed E-state index contributed by atoms with van der Waals surface area (Å²) in [6.45, 7) is 4.98. The Hall–Kier alpha value is -4.63. The Morgan fingerprint density at radius 3 is 2.38 bits per heavy atom. The maximum Gasteiger partial charge on any atom is 0.333 e. The number of esters is 1. The van der Waals surface area contributed by atoms with Gasteiger partial charge in [-0.25, -0.2) is 4.79 Å². The second-order valence-electron chi connectivity index (χ2n) is 13.8. The Balaban J connectivity index is 1.46. The van der Waals surface area contributed by atoms with Crippen molar-refractivity contribution in [2.24, 2.45) is 5.41 Å². The quantitative estimate of drug-likeness (QED) is 0.0462. The third kappa shape index (κ3) is 15.9. The monoisotopic (exact) mass is 799 g/mol. The number of ether oxygens (including phenoxy) is 5. The predicted molar refractivity (Wildman–Crippen MR) is 190 cm³/mol. The highest BCUT2D eigenvalue weighted by Gasteiger charge is 2.34. The summed E-state index contributed by atoms with van der Waals surface area (Å²) in [6.07, 6.45) is 0.227. The first-order valence-corrected chi connectivity index (χ1v) is 19.2. The number of carbonyl (C=O) groups excluding carboxylic acids is 5. The minimum atomic E-state index is -4.65. The highest BCUT2D eigenvalue weighted by Crippen LogP contribution is 2.30. The SMILES string of the molecule is CC(C)(C)C(=O)OCc1ccc(OC2CC(O)CC(C(=O)O)O2)cc1OCCOCCNC(=O)C(CS(=O)(=O)O)NC(=O)CCCCCN1C(=O)C=CC1=O. The Morgan fingerprint density at radius 2 is 1.73 bits per heavy atom. The number of carboxylic acid groups (broad SMARTS) is 1. The van der Waals surface area contributed by atoms with Gasteiger partial charge in [-0.1, -0.05) is 6.42 Å². The van der Waals surface area contributed by atoms with E-state index in [-0.39, 0.29) is 70.3 Å². The van der Waals surface area contributed by atoms with Crippen molar-refractivity contribution in [3.05, 3.63) is 35.9 Å². The summed E-state index contributed by atoms with van der Waals surface area (Å²) in [7, 11) is -4.65. The smallest absolute Gasteiger partial charge is 0.333 e. The number of nitrogens with one attached hydrogen (secondary N) is 2. The molecule has 1 saturated heterocycles. The number of hydrogen-bond acceptors (Lipinski definition) is 14. The van der Waals surface area contributed by atoms with Crippen molar-refractivity contribution in [2.45, 2.75) is 90.4 Å². The molecule has 19 nitrogen and oxygen atoms in total. The molecule has 2 aliphatic heterocycles. The van der Waals surface area contributed by atoms with Gasteiger partial charge < -0.3 is 44.5 Å². The largest absolute Gasteiger partial charge is 0.491 e. The summed E-state index contributed by atoms with van der Waals surface area (Å²) in [4.78, 5) is 73.2. The van der Waals surface area contributed by atoms with E-state index in [4.69, 9.17) is 23.7 Å². The summed E-state index contributed by atoms with van der Waals surface area (Å²) in [6, 6.07) is 3.04. The number of rotatable bonds is 22. The summed E-state index contributed by atoms with van der Waals surface area (Å²) in [5, 5.41) is 24.1. The third-order valence-electron chi connectivity index (χ3n) is 8.07. The zero-order valence-electron chi connectivity index (χ0n) is 30.9. The van der Waals surface area contributed by atoms with Crippen molar-refractivity contribution >= 4 is 45.7 Å². The van der Waals surface area contributed by atoms with Crippen LogP contribution < -0.4 is 20.1 Å². The Bertz CT molecular complexity index is 1660. The maximum absolute atomic E-state index is 12.7. The van der Waals surface area contributed by atoms with E-state index in [1.165, 1.54) is 18.2 Å². The first kappa shape index (κ1) is 44.8. The molecule has 4 atom stereocenters. The van der Waals surface area contributed by atoms with Crippen LogP contribution in [0.1, 0.15) is 64.9 Å². The molecule has 1 aromatic rings. The van der Waals surface area contributed by atoms with Crippen molar-refractivity contribution in [1.82, 2.24) is 15.5 Å². The number of nitrogens with zero attached hydrogens (tertiary/aromatic N) is 1. The topological polar surface area (TPSA) is 271 Å². The number of aliphatic hydroxyl groups excluding tert-OH is 1. The van der Waals surface area contributed by atoms with Crippen LogP contribution >= 0.6 is 0 Å². The van der Waals surface area contributed by atoms with Gasteiger partial charge >= 0.3 is 11.9 Å². The first-order valence-electron chi connectivity index (χ1n) is 17.6. The molecule has 4 unspecified atom stereocenters. The lowest BCUT2D eigenvalue weighted by Crippen LogP contribution is -2.50. The molecule has 5 N–H and O–H groups in total. The van der Waals surface area contributed by atoms with Crippen LogP contribution in [-0.2, 0) is 59.7 Å². The highest BCUT2D eigenvalue weighted by molar-refractivity contribution is 7.85. The van der Waals surface area contributed by atoms with E-state index in [9.17, 15) is 52.0 Å². The van der Waals surface area contributed by atoms with Crippen LogP contribution in [-0.4, -0.2) is 127 Å². The molecule has 0 bridgehead atoms. The summed E-state index contributed by atoms with van der Waals surface area (Å²) < 4.78 is 60.4. The summed E-state index contributed by atoms with van der Waals surface area (Å²) >= 11 is 0. The van der Waals surface area contributed by atoms with Gasteiger partial charge in [-0.3, -0.25) is 33.4 Å². The first-order chi connectivity index (χ1) is 25.8. The number of unbranched alkanes of at least 4 members (excludes halogenated alkanes) is 2. The second-order valence-corrected chi connectivity index (χ2v) is 15.3. The highest BCUT2D eigenvalue weighted by atomic mass is 32.2. The van der Waals surface area contributed by atoms with Gasteiger partial charge in [-0.15, -0.1) is 0 Å². The number of aliphatic hydroxyl groups is 1. The van der Waals surface area contributed by atoms with Crippen LogP contribution in [0.3, 0.4) is 0 Å². The van der Waals surface area contributed by atoms with Gasteiger partial charge in [0.15, 0.2) is 6.10 Å². The fourth-order valence-corrected chi connectivity index (χ4v) is 5.85. The van der Waals surface area contributed by atoms with E-state index in [1.807, 2.05) is 0 Å². The molecule has 4 amide bonds.